The van der Waals surface area contributed by atoms with E-state index in [1.54, 1.807) is 0 Å². The van der Waals surface area contributed by atoms with Crippen LogP contribution in [-0.2, 0) is 4.74 Å². The molecule has 2 aromatic carbocycles. The summed E-state index contributed by atoms with van der Waals surface area (Å²) in [6, 6.07) is 13.7. The van der Waals surface area contributed by atoms with Crippen LogP contribution >= 0.6 is 11.6 Å². The minimum atomic E-state index is 0.0279. The maximum absolute atomic E-state index is 13.2. The molecule has 2 aliphatic rings. The fourth-order valence-electron chi connectivity index (χ4n) is 4.33. The Labute approximate surface area is 186 Å². The summed E-state index contributed by atoms with van der Waals surface area (Å²) in [7, 11) is 0. The van der Waals surface area contributed by atoms with Gasteiger partial charge < -0.3 is 14.5 Å². The van der Waals surface area contributed by atoms with Crippen LogP contribution in [0.15, 0.2) is 42.5 Å². The molecule has 2 aliphatic heterocycles. The predicted octanol–water partition coefficient (Wildman–Crippen LogP) is 3.96. The van der Waals surface area contributed by atoms with E-state index >= 15 is 0 Å². The van der Waals surface area contributed by atoms with Crippen molar-refractivity contribution >= 4 is 28.9 Å². The van der Waals surface area contributed by atoms with Crippen LogP contribution in [0.25, 0.3) is 5.69 Å². The molecule has 8 heteroatoms. The van der Waals surface area contributed by atoms with Crippen LogP contribution in [0.3, 0.4) is 0 Å². The first-order valence-corrected chi connectivity index (χ1v) is 10.9. The smallest absolute Gasteiger partial charge is 0.254 e. The van der Waals surface area contributed by atoms with Gasteiger partial charge in [-0.05, 0) is 49.4 Å². The average molecular weight is 438 g/mol. The molecule has 0 spiro atoms. The number of aryl methyl sites for hydroxylation is 1. The topological polar surface area (TPSA) is 63.5 Å². The van der Waals surface area contributed by atoms with Gasteiger partial charge in [0.15, 0.2) is 0 Å². The fourth-order valence-corrected chi connectivity index (χ4v) is 4.45. The molecule has 31 heavy (non-hydrogen) atoms. The number of benzene rings is 2. The quantitative estimate of drug-likeness (QED) is 0.607. The zero-order valence-electron chi connectivity index (χ0n) is 17.6. The first-order chi connectivity index (χ1) is 15.0. The van der Waals surface area contributed by atoms with Crippen LogP contribution in [0.5, 0.6) is 0 Å². The Kier molecular flexibility index (Phi) is 5.16. The Hall–Kier alpha value is -2.90. The molecule has 160 valence electrons. The number of ether oxygens (including phenoxy) is 1. The maximum Gasteiger partial charge on any atom is 0.254 e. The minimum absolute atomic E-state index is 0.0279. The number of carbonyl (C=O) groups excluding carboxylic acids is 1. The summed E-state index contributed by atoms with van der Waals surface area (Å²) < 4.78 is 7.50. The van der Waals surface area contributed by atoms with Crippen molar-refractivity contribution in [3.63, 3.8) is 0 Å². The number of halogens is 1. The molecule has 0 radical (unpaired) electrons. The third kappa shape index (κ3) is 3.58. The van der Waals surface area contributed by atoms with E-state index in [1.165, 1.54) is 0 Å². The van der Waals surface area contributed by atoms with Gasteiger partial charge in [-0.15, -0.1) is 10.2 Å². The van der Waals surface area contributed by atoms with Gasteiger partial charge in [-0.25, -0.2) is 0 Å². The summed E-state index contributed by atoms with van der Waals surface area (Å²) in [5.41, 5.74) is 3.61. The second-order valence-corrected chi connectivity index (χ2v) is 8.47. The summed E-state index contributed by atoms with van der Waals surface area (Å²) in [5.74, 6) is 1.92. The summed E-state index contributed by atoms with van der Waals surface area (Å²) >= 11 is 6.14. The number of amides is 1. The lowest BCUT2D eigenvalue weighted by Gasteiger charge is -2.29. The van der Waals surface area contributed by atoms with Crippen molar-refractivity contribution in [3.05, 3.63) is 64.7 Å². The van der Waals surface area contributed by atoms with Crippen molar-refractivity contribution in [2.24, 2.45) is 0 Å². The normalized spacial score (nSPS) is 18.4. The number of anilines is 2. The Morgan fingerprint density at radius 1 is 1.06 bits per heavy atom. The zero-order chi connectivity index (χ0) is 21.5. The monoisotopic (exact) mass is 437 g/mol. The molecule has 1 saturated heterocycles. The van der Waals surface area contributed by atoms with Gasteiger partial charge in [-0.2, -0.15) is 0 Å². The highest BCUT2D eigenvalue weighted by Crippen LogP contribution is 2.39. The largest absolute Gasteiger partial charge is 0.378 e. The van der Waals surface area contributed by atoms with Gasteiger partial charge in [0.05, 0.1) is 24.6 Å². The third-order valence-electron chi connectivity index (χ3n) is 5.94. The second-order valence-electron chi connectivity index (χ2n) is 8.04. The van der Waals surface area contributed by atoms with Gasteiger partial charge in [-0.1, -0.05) is 18.5 Å². The molecular weight excluding hydrogens is 414 g/mol. The number of fused-ring (bicyclic) bond motifs is 3. The number of carbonyl (C=O) groups is 1. The van der Waals surface area contributed by atoms with Crippen LogP contribution in [0.4, 0.5) is 11.4 Å². The molecule has 1 aromatic heterocycles. The highest BCUT2D eigenvalue weighted by Gasteiger charge is 2.29. The summed E-state index contributed by atoms with van der Waals surface area (Å²) in [5, 5.41) is 9.45. The number of rotatable bonds is 2. The van der Waals surface area contributed by atoms with Crippen LogP contribution in [-0.4, -0.2) is 58.4 Å². The molecular formula is C23H24ClN5O2. The molecule has 1 fully saturated rings. The zero-order valence-corrected chi connectivity index (χ0v) is 18.3. The van der Waals surface area contributed by atoms with Crippen molar-refractivity contribution in [1.29, 1.82) is 0 Å². The predicted molar refractivity (Wildman–Crippen MR) is 120 cm³/mol. The van der Waals surface area contributed by atoms with Crippen molar-refractivity contribution in [3.8, 4) is 5.69 Å². The van der Waals surface area contributed by atoms with E-state index in [2.05, 4.69) is 26.6 Å². The molecule has 1 atom stereocenters. The third-order valence-corrected chi connectivity index (χ3v) is 6.19. The lowest BCUT2D eigenvalue weighted by atomic mass is 10.1. The van der Waals surface area contributed by atoms with Crippen LogP contribution < -0.4 is 4.90 Å². The number of nitrogens with zero attached hydrogens (tertiary/aromatic N) is 5. The Bertz CT molecular complexity index is 1120. The number of hydrogen-bond acceptors (Lipinski definition) is 5. The summed E-state index contributed by atoms with van der Waals surface area (Å²) in [6.07, 6.45) is 0. The molecule has 3 aromatic rings. The first kappa shape index (κ1) is 20.0. The van der Waals surface area contributed by atoms with Gasteiger partial charge in [0, 0.05) is 41.8 Å². The SMILES string of the molecule is Cc1nnc2n1-c1ccc(C(=O)N3CCOCC3)cc1N(c1ccc(Cl)cc1)C[C@H]2C. The molecule has 5 rings (SSSR count). The first-order valence-electron chi connectivity index (χ1n) is 10.5. The number of hydrogen-bond donors (Lipinski definition) is 0. The van der Waals surface area contributed by atoms with Gasteiger partial charge in [0.2, 0.25) is 0 Å². The lowest BCUT2D eigenvalue weighted by molar-refractivity contribution is 0.0303. The molecule has 1 amide bonds. The average Bonchev–Trinajstić information content (AvgIpc) is 3.13. The van der Waals surface area contributed by atoms with E-state index in [1.807, 2.05) is 54.3 Å². The molecule has 3 heterocycles. The second kappa shape index (κ2) is 7.98. The van der Waals surface area contributed by atoms with E-state index in [0.29, 0.717) is 43.4 Å². The van der Waals surface area contributed by atoms with E-state index in [0.717, 1.165) is 28.7 Å². The standard InChI is InChI=1S/C23H24ClN5O2/c1-15-14-28(19-6-4-18(24)5-7-19)21-13-17(23(30)27-9-11-31-12-10-27)3-8-20(21)29-16(2)25-26-22(15)29/h3-8,13,15H,9-12,14H2,1-2H3/t15-/m1/s1. The molecule has 0 bridgehead atoms. The highest BCUT2D eigenvalue weighted by atomic mass is 35.5. The molecule has 0 saturated carbocycles. The van der Waals surface area contributed by atoms with Crippen molar-refractivity contribution in [2.45, 2.75) is 19.8 Å². The van der Waals surface area contributed by atoms with Gasteiger partial charge in [-0.3, -0.25) is 9.36 Å². The van der Waals surface area contributed by atoms with Crippen molar-refractivity contribution in [1.82, 2.24) is 19.7 Å². The molecule has 7 nitrogen and oxygen atoms in total. The molecule has 0 unspecified atom stereocenters. The van der Waals surface area contributed by atoms with E-state index in [9.17, 15) is 4.79 Å². The summed E-state index contributed by atoms with van der Waals surface area (Å²) in [6.45, 7) is 7.20. The van der Waals surface area contributed by atoms with E-state index < -0.39 is 0 Å². The maximum atomic E-state index is 13.2. The van der Waals surface area contributed by atoms with Gasteiger partial charge in [0.1, 0.15) is 11.6 Å². The highest BCUT2D eigenvalue weighted by molar-refractivity contribution is 6.30. The van der Waals surface area contributed by atoms with Crippen LogP contribution in [0, 0.1) is 6.92 Å². The minimum Gasteiger partial charge on any atom is -0.378 e. The fraction of sp³-hybridized carbons (Fsp3) is 0.348. The Balaban J connectivity index is 1.65. The Morgan fingerprint density at radius 2 is 1.81 bits per heavy atom. The van der Waals surface area contributed by atoms with Gasteiger partial charge in [0.25, 0.3) is 5.91 Å². The lowest BCUT2D eigenvalue weighted by Crippen LogP contribution is -2.40. The van der Waals surface area contributed by atoms with E-state index in [4.69, 9.17) is 16.3 Å². The van der Waals surface area contributed by atoms with Crippen molar-refractivity contribution in [2.75, 3.05) is 37.7 Å². The number of aromatic nitrogens is 3. The van der Waals surface area contributed by atoms with E-state index in [-0.39, 0.29) is 11.8 Å². The number of morpholine rings is 1. The Morgan fingerprint density at radius 3 is 2.55 bits per heavy atom. The summed E-state index contributed by atoms with van der Waals surface area (Å²) in [4.78, 5) is 17.3. The molecule has 0 N–H and O–H groups in total. The van der Waals surface area contributed by atoms with Crippen LogP contribution in [0.1, 0.15) is 34.8 Å². The van der Waals surface area contributed by atoms with Crippen LogP contribution in [0.2, 0.25) is 5.02 Å². The molecule has 0 aliphatic carbocycles. The van der Waals surface area contributed by atoms with Crippen molar-refractivity contribution < 1.29 is 9.53 Å². The van der Waals surface area contributed by atoms with Gasteiger partial charge >= 0.3 is 0 Å².